The Morgan fingerprint density at radius 3 is 2.67 bits per heavy atom. The van der Waals surface area contributed by atoms with Crippen LogP contribution in [0.3, 0.4) is 0 Å². The number of pyridine rings is 2. The molecule has 2 heteroatoms. The Balaban J connectivity index is 2.09. The van der Waals surface area contributed by atoms with Crippen molar-refractivity contribution in [3.63, 3.8) is 0 Å². The minimum atomic E-state index is 1.03. The number of aryl methyl sites for hydroxylation is 1. The van der Waals surface area contributed by atoms with E-state index in [4.69, 9.17) is 0 Å². The number of fused-ring (bicyclic) bond motifs is 3. The Bertz CT molecular complexity index is 958. The highest BCUT2D eigenvalue weighted by Crippen LogP contribution is 2.31. The molecule has 2 heterocycles. The molecule has 2 aromatic carbocycles. The standard InChI is InChI=1S/C19H14N2/c1-13-3-2-4-15(11-13)19-17-6-5-14-7-9-20-12-18(14)16(17)8-10-21-19/h2-12H,1H3. The lowest BCUT2D eigenvalue weighted by Crippen LogP contribution is -1.88. The van der Waals surface area contributed by atoms with Gasteiger partial charge in [0.2, 0.25) is 0 Å². The Morgan fingerprint density at radius 1 is 0.810 bits per heavy atom. The predicted molar refractivity (Wildman–Crippen MR) is 87.2 cm³/mol. The van der Waals surface area contributed by atoms with Gasteiger partial charge in [0, 0.05) is 34.9 Å². The van der Waals surface area contributed by atoms with E-state index in [1.165, 1.54) is 27.1 Å². The number of hydrogen-bond acceptors (Lipinski definition) is 2. The number of benzene rings is 2. The van der Waals surface area contributed by atoms with Crippen molar-refractivity contribution in [1.29, 1.82) is 0 Å². The SMILES string of the molecule is Cc1cccc(-c2nccc3c2ccc2ccncc23)c1. The van der Waals surface area contributed by atoms with E-state index in [9.17, 15) is 0 Å². The third-order valence-corrected chi connectivity index (χ3v) is 3.86. The van der Waals surface area contributed by atoms with Crippen molar-refractivity contribution in [2.24, 2.45) is 0 Å². The molecule has 21 heavy (non-hydrogen) atoms. The van der Waals surface area contributed by atoms with Gasteiger partial charge in [-0.05, 0) is 35.9 Å². The summed E-state index contributed by atoms with van der Waals surface area (Å²) in [5.74, 6) is 0. The van der Waals surface area contributed by atoms with Gasteiger partial charge < -0.3 is 0 Å². The van der Waals surface area contributed by atoms with Crippen LogP contribution >= 0.6 is 0 Å². The van der Waals surface area contributed by atoms with Crippen molar-refractivity contribution in [2.75, 3.05) is 0 Å². The van der Waals surface area contributed by atoms with Crippen molar-refractivity contribution in [3.05, 3.63) is 72.7 Å². The summed E-state index contributed by atoms with van der Waals surface area (Å²) in [7, 11) is 0. The summed E-state index contributed by atoms with van der Waals surface area (Å²) in [6, 6.07) is 16.9. The molecule has 0 bridgehead atoms. The van der Waals surface area contributed by atoms with Crippen molar-refractivity contribution >= 4 is 21.5 Å². The van der Waals surface area contributed by atoms with Crippen LogP contribution in [0.5, 0.6) is 0 Å². The zero-order valence-electron chi connectivity index (χ0n) is 11.7. The predicted octanol–water partition coefficient (Wildman–Crippen LogP) is 4.76. The molecule has 0 spiro atoms. The number of nitrogens with zero attached hydrogens (tertiary/aromatic N) is 2. The zero-order chi connectivity index (χ0) is 14.2. The summed E-state index contributed by atoms with van der Waals surface area (Å²) in [6.45, 7) is 2.11. The first-order valence-corrected chi connectivity index (χ1v) is 7.01. The summed E-state index contributed by atoms with van der Waals surface area (Å²) < 4.78 is 0. The van der Waals surface area contributed by atoms with Gasteiger partial charge in [-0.1, -0.05) is 35.9 Å². The Hall–Kier alpha value is -2.74. The quantitative estimate of drug-likeness (QED) is 0.466. The van der Waals surface area contributed by atoms with Crippen LogP contribution in [0.25, 0.3) is 32.8 Å². The van der Waals surface area contributed by atoms with Crippen LogP contribution in [0.4, 0.5) is 0 Å². The van der Waals surface area contributed by atoms with Crippen LogP contribution in [0.2, 0.25) is 0 Å². The van der Waals surface area contributed by atoms with E-state index in [2.05, 4.69) is 59.4 Å². The number of hydrogen-bond donors (Lipinski definition) is 0. The molecule has 0 amide bonds. The summed E-state index contributed by atoms with van der Waals surface area (Å²) in [4.78, 5) is 8.86. The molecule has 0 atom stereocenters. The molecule has 0 saturated carbocycles. The van der Waals surface area contributed by atoms with Gasteiger partial charge in [-0.3, -0.25) is 9.97 Å². The molecule has 2 nitrogen and oxygen atoms in total. The Kier molecular flexibility index (Phi) is 2.68. The second kappa shape index (κ2) is 4.67. The molecule has 0 radical (unpaired) electrons. The van der Waals surface area contributed by atoms with E-state index in [0.29, 0.717) is 0 Å². The second-order valence-corrected chi connectivity index (χ2v) is 5.29. The van der Waals surface area contributed by atoms with Crippen LogP contribution in [0.1, 0.15) is 5.56 Å². The first kappa shape index (κ1) is 12.0. The van der Waals surface area contributed by atoms with Crippen LogP contribution in [-0.4, -0.2) is 9.97 Å². The molecule has 0 aliphatic rings. The molecule has 0 aliphatic heterocycles. The molecule has 4 aromatic rings. The van der Waals surface area contributed by atoms with Gasteiger partial charge in [0.1, 0.15) is 0 Å². The van der Waals surface area contributed by atoms with E-state index >= 15 is 0 Å². The summed E-state index contributed by atoms with van der Waals surface area (Å²) in [5.41, 5.74) is 3.43. The van der Waals surface area contributed by atoms with Gasteiger partial charge in [0.15, 0.2) is 0 Å². The van der Waals surface area contributed by atoms with Crippen LogP contribution in [0.15, 0.2) is 67.1 Å². The average molecular weight is 270 g/mol. The van der Waals surface area contributed by atoms with Gasteiger partial charge in [0.25, 0.3) is 0 Å². The highest BCUT2D eigenvalue weighted by Gasteiger charge is 2.08. The third kappa shape index (κ3) is 1.96. The highest BCUT2D eigenvalue weighted by molar-refractivity contribution is 6.10. The maximum Gasteiger partial charge on any atom is 0.0780 e. The lowest BCUT2D eigenvalue weighted by Gasteiger charge is -2.09. The van der Waals surface area contributed by atoms with Gasteiger partial charge in [0.05, 0.1) is 5.69 Å². The number of rotatable bonds is 1. The minimum absolute atomic E-state index is 1.03. The van der Waals surface area contributed by atoms with E-state index in [1.54, 1.807) is 0 Å². The zero-order valence-corrected chi connectivity index (χ0v) is 11.7. The molecular weight excluding hydrogens is 256 g/mol. The highest BCUT2D eigenvalue weighted by atomic mass is 14.7. The fraction of sp³-hybridized carbons (Fsp3) is 0.0526. The van der Waals surface area contributed by atoms with E-state index in [1.807, 2.05) is 24.7 Å². The number of aromatic nitrogens is 2. The lowest BCUT2D eigenvalue weighted by atomic mass is 9.99. The van der Waals surface area contributed by atoms with Crippen molar-refractivity contribution in [1.82, 2.24) is 9.97 Å². The van der Waals surface area contributed by atoms with E-state index < -0.39 is 0 Å². The normalized spacial score (nSPS) is 11.1. The van der Waals surface area contributed by atoms with E-state index in [0.717, 1.165) is 11.3 Å². The second-order valence-electron chi connectivity index (χ2n) is 5.29. The molecule has 100 valence electrons. The Morgan fingerprint density at radius 2 is 1.76 bits per heavy atom. The van der Waals surface area contributed by atoms with Crippen molar-refractivity contribution < 1.29 is 0 Å². The molecule has 0 aliphatic carbocycles. The fourth-order valence-electron chi connectivity index (χ4n) is 2.85. The first-order valence-electron chi connectivity index (χ1n) is 7.01. The van der Waals surface area contributed by atoms with E-state index in [-0.39, 0.29) is 0 Å². The maximum absolute atomic E-state index is 4.60. The molecule has 4 rings (SSSR count). The molecule has 0 unspecified atom stereocenters. The van der Waals surface area contributed by atoms with Crippen molar-refractivity contribution in [2.45, 2.75) is 6.92 Å². The monoisotopic (exact) mass is 270 g/mol. The Labute approximate surface area is 123 Å². The largest absolute Gasteiger partial charge is 0.264 e. The van der Waals surface area contributed by atoms with Crippen LogP contribution in [0, 0.1) is 6.92 Å². The lowest BCUT2D eigenvalue weighted by molar-refractivity contribution is 1.34. The third-order valence-electron chi connectivity index (χ3n) is 3.86. The fourth-order valence-corrected chi connectivity index (χ4v) is 2.85. The van der Waals surface area contributed by atoms with Gasteiger partial charge in [-0.2, -0.15) is 0 Å². The van der Waals surface area contributed by atoms with Crippen LogP contribution < -0.4 is 0 Å². The van der Waals surface area contributed by atoms with Gasteiger partial charge in [-0.15, -0.1) is 0 Å². The summed E-state index contributed by atoms with van der Waals surface area (Å²) in [5, 5.41) is 4.75. The molecule has 0 fully saturated rings. The average Bonchev–Trinajstić information content (AvgIpc) is 2.54. The smallest absolute Gasteiger partial charge is 0.0780 e. The molecule has 0 saturated heterocycles. The molecule has 2 aromatic heterocycles. The van der Waals surface area contributed by atoms with Gasteiger partial charge >= 0.3 is 0 Å². The topological polar surface area (TPSA) is 25.8 Å². The van der Waals surface area contributed by atoms with Crippen molar-refractivity contribution in [3.8, 4) is 11.3 Å². The minimum Gasteiger partial charge on any atom is -0.264 e. The molecule has 0 N–H and O–H groups in total. The maximum atomic E-state index is 4.60. The summed E-state index contributed by atoms with van der Waals surface area (Å²) in [6.07, 6.45) is 5.64. The first-order chi connectivity index (χ1) is 10.3. The van der Waals surface area contributed by atoms with Crippen LogP contribution in [-0.2, 0) is 0 Å². The van der Waals surface area contributed by atoms with Gasteiger partial charge in [-0.25, -0.2) is 0 Å². The molecular formula is C19H14N2. The summed E-state index contributed by atoms with van der Waals surface area (Å²) >= 11 is 0.